The second-order valence-corrected chi connectivity index (χ2v) is 5.57. The van der Waals surface area contributed by atoms with Crippen LogP contribution in [-0.2, 0) is 0 Å². The first kappa shape index (κ1) is 14.4. The van der Waals surface area contributed by atoms with Crippen LogP contribution in [0.1, 0.15) is 24.1 Å². The predicted molar refractivity (Wildman–Crippen MR) is 85.2 cm³/mol. The number of thioether (sulfide) groups is 1. The van der Waals surface area contributed by atoms with Gasteiger partial charge in [-0.1, -0.05) is 48.9 Å². The number of hydrogen-bond acceptors (Lipinski definition) is 2. The number of nitrogens with one attached hydrogen (secondary N) is 1. The largest absolute Gasteiger partial charge is 0.306 e. The Balaban J connectivity index is 2.45. The molecule has 3 heteroatoms. The number of halogens is 1. The Hall–Kier alpha value is -0.960. The van der Waals surface area contributed by atoms with E-state index in [-0.39, 0.29) is 6.04 Å². The average Bonchev–Trinajstić information content (AvgIpc) is 2.45. The smallest absolute Gasteiger partial charge is 0.0588 e. The average molecular weight is 292 g/mol. The first-order valence-electron chi connectivity index (χ1n) is 6.38. The van der Waals surface area contributed by atoms with Crippen molar-refractivity contribution in [1.82, 2.24) is 5.32 Å². The maximum Gasteiger partial charge on any atom is 0.0588 e. The molecule has 2 aromatic rings. The summed E-state index contributed by atoms with van der Waals surface area (Å²) in [6, 6.07) is 16.8. The summed E-state index contributed by atoms with van der Waals surface area (Å²) in [6.07, 6.45) is 2.11. The van der Waals surface area contributed by atoms with Gasteiger partial charge in [0.2, 0.25) is 0 Å². The van der Waals surface area contributed by atoms with Crippen molar-refractivity contribution in [3.8, 4) is 0 Å². The zero-order valence-corrected chi connectivity index (χ0v) is 12.8. The molecule has 2 rings (SSSR count). The molecule has 0 saturated heterocycles. The Morgan fingerprint density at radius 2 is 1.95 bits per heavy atom. The number of rotatable bonds is 5. The zero-order chi connectivity index (χ0) is 13.7. The summed E-state index contributed by atoms with van der Waals surface area (Å²) in [4.78, 5) is 1.30. The van der Waals surface area contributed by atoms with E-state index >= 15 is 0 Å². The monoisotopic (exact) mass is 291 g/mol. The third-order valence-corrected chi connectivity index (χ3v) is 4.09. The lowest BCUT2D eigenvalue weighted by molar-refractivity contribution is 0.622. The van der Waals surface area contributed by atoms with E-state index in [2.05, 4.69) is 48.8 Å². The molecule has 0 aliphatic heterocycles. The second-order valence-electron chi connectivity index (χ2n) is 4.29. The summed E-state index contributed by atoms with van der Waals surface area (Å²) < 4.78 is 0. The van der Waals surface area contributed by atoms with Gasteiger partial charge < -0.3 is 5.32 Å². The van der Waals surface area contributed by atoms with E-state index in [1.165, 1.54) is 16.0 Å². The number of hydrogen-bond donors (Lipinski definition) is 1. The Bertz CT molecular complexity index is 542. The molecule has 0 saturated carbocycles. The highest BCUT2D eigenvalue weighted by Gasteiger charge is 2.16. The van der Waals surface area contributed by atoms with E-state index in [1.807, 2.05) is 18.2 Å². The molecule has 0 heterocycles. The normalized spacial score (nSPS) is 12.4. The summed E-state index contributed by atoms with van der Waals surface area (Å²) in [5, 5.41) is 4.32. The van der Waals surface area contributed by atoms with Gasteiger partial charge >= 0.3 is 0 Å². The van der Waals surface area contributed by atoms with Gasteiger partial charge in [0.25, 0.3) is 0 Å². The maximum atomic E-state index is 6.12. The maximum absolute atomic E-state index is 6.12. The van der Waals surface area contributed by atoms with Gasteiger partial charge in [0.1, 0.15) is 0 Å². The molecule has 0 spiro atoms. The molecule has 0 amide bonds. The minimum Gasteiger partial charge on any atom is -0.306 e. The van der Waals surface area contributed by atoms with Gasteiger partial charge in [0.05, 0.1) is 6.04 Å². The van der Waals surface area contributed by atoms with Crippen LogP contribution in [-0.4, -0.2) is 12.8 Å². The topological polar surface area (TPSA) is 12.0 Å². The lowest BCUT2D eigenvalue weighted by Gasteiger charge is -2.21. The molecular weight excluding hydrogens is 274 g/mol. The van der Waals surface area contributed by atoms with Crippen LogP contribution < -0.4 is 5.32 Å². The molecule has 1 atom stereocenters. The fourth-order valence-corrected chi connectivity index (χ4v) is 3.04. The van der Waals surface area contributed by atoms with Crippen molar-refractivity contribution in [2.75, 3.05) is 12.8 Å². The molecule has 0 radical (unpaired) electrons. The van der Waals surface area contributed by atoms with Crippen molar-refractivity contribution in [3.63, 3.8) is 0 Å². The third-order valence-electron chi connectivity index (χ3n) is 3.04. The summed E-state index contributed by atoms with van der Waals surface area (Å²) in [5.41, 5.74) is 2.51. The molecule has 1 N–H and O–H groups in total. The molecule has 100 valence electrons. The van der Waals surface area contributed by atoms with Crippen LogP contribution in [0.2, 0.25) is 5.02 Å². The Kier molecular flexibility index (Phi) is 5.32. The molecule has 19 heavy (non-hydrogen) atoms. The standard InChI is InChI=1S/C16H18ClNS/c1-3-18-16(12-7-6-8-13(17)11-12)14-9-4-5-10-15(14)19-2/h4-11,16,18H,3H2,1-2H3. The highest BCUT2D eigenvalue weighted by Crippen LogP contribution is 2.31. The minimum absolute atomic E-state index is 0.187. The lowest BCUT2D eigenvalue weighted by Crippen LogP contribution is -2.22. The van der Waals surface area contributed by atoms with Crippen molar-refractivity contribution >= 4 is 23.4 Å². The van der Waals surface area contributed by atoms with Gasteiger partial charge in [0.15, 0.2) is 0 Å². The summed E-state index contributed by atoms with van der Waals surface area (Å²) >= 11 is 7.89. The summed E-state index contributed by atoms with van der Waals surface area (Å²) in [7, 11) is 0. The van der Waals surface area contributed by atoms with E-state index in [9.17, 15) is 0 Å². The molecule has 1 nitrogen and oxygen atoms in total. The van der Waals surface area contributed by atoms with Crippen molar-refractivity contribution in [2.45, 2.75) is 17.9 Å². The van der Waals surface area contributed by atoms with E-state index < -0.39 is 0 Å². The molecule has 0 aliphatic rings. The molecule has 2 aromatic carbocycles. The van der Waals surface area contributed by atoms with Crippen LogP contribution in [0, 0.1) is 0 Å². The lowest BCUT2D eigenvalue weighted by atomic mass is 9.98. The van der Waals surface area contributed by atoms with E-state index in [1.54, 1.807) is 11.8 Å². The first-order chi connectivity index (χ1) is 9.26. The van der Waals surface area contributed by atoms with Crippen LogP contribution >= 0.6 is 23.4 Å². The van der Waals surface area contributed by atoms with E-state index in [4.69, 9.17) is 11.6 Å². The van der Waals surface area contributed by atoms with E-state index in [0.29, 0.717) is 0 Å². The van der Waals surface area contributed by atoms with Crippen LogP contribution in [0.3, 0.4) is 0 Å². The summed E-state index contributed by atoms with van der Waals surface area (Å²) in [5.74, 6) is 0. The number of benzene rings is 2. The predicted octanol–water partition coefficient (Wildman–Crippen LogP) is 4.76. The highest BCUT2D eigenvalue weighted by atomic mass is 35.5. The molecule has 0 fully saturated rings. The Morgan fingerprint density at radius 1 is 1.16 bits per heavy atom. The second kappa shape index (κ2) is 6.99. The molecule has 0 bridgehead atoms. The quantitative estimate of drug-likeness (QED) is 0.797. The van der Waals surface area contributed by atoms with Crippen LogP contribution in [0.5, 0.6) is 0 Å². The van der Waals surface area contributed by atoms with Crippen molar-refractivity contribution < 1.29 is 0 Å². The van der Waals surface area contributed by atoms with Gasteiger partial charge in [-0.3, -0.25) is 0 Å². The minimum atomic E-state index is 0.187. The molecular formula is C16H18ClNS. The third kappa shape index (κ3) is 3.53. The Labute approximate surface area is 124 Å². The van der Waals surface area contributed by atoms with Gasteiger partial charge in [-0.15, -0.1) is 11.8 Å². The zero-order valence-electron chi connectivity index (χ0n) is 11.2. The van der Waals surface area contributed by atoms with Crippen LogP contribution in [0.25, 0.3) is 0 Å². The van der Waals surface area contributed by atoms with Crippen molar-refractivity contribution in [2.24, 2.45) is 0 Å². The Morgan fingerprint density at radius 3 is 2.63 bits per heavy atom. The van der Waals surface area contributed by atoms with Gasteiger partial charge in [-0.25, -0.2) is 0 Å². The van der Waals surface area contributed by atoms with Gasteiger partial charge in [-0.2, -0.15) is 0 Å². The highest BCUT2D eigenvalue weighted by molar-refractivity contribution is 7.98. The van der Waals surface area contributed by atoms with Gasteiger partial charge in [-0.05, 0) is 42.1 Å². The van der Waals surface area contributed by atoms with Crippen LogP contribution in [0.15, 0.2) is 53.4 Å². The fourth-order valence-electron chi connectivity index (χ4n) is 2.20. The van der Waals surface area contributed by atoms with Crippen LogP contribution in [0.4, 0.5) is 0 Å². The molecule has 0 aromatic heterocycles. The fraction of sp³-hybridized carbons (Fsp3) is 0.250. The van der Waals surface area contributed by atoms with Gasteiger partial charge in [0, 0.05) is 9.92 Å². The molecule has 1 unspecified atom stereocenters. The molecule has 0 aliphatic carbocycles. The SMILES string of the molecule is CCNC(c1cccc(Cl)c1)c1ccccc1SC. The van der Waals surface area contributed by atoms with Crippen molar-refractivity contribution in [1.29, 1.82) is 0 Å². The summed E-state index contributed by atoms with van der Waals surface area (Å²) in [6.45, 7) is 3.04. The van der Waals surface area contributed by atoms with Crippen molar-refractivity contribution in [3.05, 3.63) is 64.7 Å². The first-order valence-corrected chi connectivity index (χ1v) is 7.98. The van der Waals surface area contributed by atoms with E-state index in [0.717, 1.165) is 11.6 Å².